The topological polar surface area (TPSA) is 132 Å². The van der Waals surface area contributed by atoms with Crippen LogP contribution < -0.4 is 0 Å². The van der Waals surface area contributed by atoms with Crippen LogP contribution in [0.5, 0.6) is 0 Å². The molecule has 3 aliphatic rings. The van der Waals surface area contributed by atoms with Gasteiger partial charge in [0.05, 0.1) is 0 Å². The fourth-order valence-corrected chi connectivity index (χ4v) is 8.06. The molecule has 1 aromatic carbocycles. The molecule has 0 aliphatic heterocycles. The highest BCUT2D eigenvalue weighted by molar-refractivity contribution is 5.87. The van der Waals surface area contributed by atoms with Crippen LogP contribution in [0.1, 0.15) is 80.2 Å². The van der Waals surface area contributed by atoms with Crippen LogP contribution in [0.2, 0.25) is 0 Å². The van der Waals surface area contributed by atoms with Gasteiger partial charge in [0.1, 0.15) is 24.9 Å². The summed E-state index contributed by atoms with van der Waals surface area (Å²) in [6.45, 7) is 12.9. The number of carbonyl (C=O) groups excluding carboxylic acids is 5. The summed E-state index contributed by atoms with van der Waals surface area (Å²) >= 11 is 0. The molecule has 0 radical (unpaired) electrons. The normalized spacial score (nSPS) is 29.7. The van der Waals surface area contributed by atoms with E-state index in [2.05, 4.69) is 0 Å². The Kier molecular flexibility index (Phi) is 10.8. The van der Waals surface area contributed by atoms with Crippen LogP contribution in [-0.2, 0) is 47.7 Å². The molecular weight excluding hydrogens is 604 g/mol. The van der Waals surface area contributed by atoms with E-state index < -0.39 is 76.9 Å². The number of hydrogen-bond acceptors (Lipinski definition) is 10. The lowest BCUT2D eigenvalue weighted by molar-refractivity contribution is -0.200. The first-order valence-corrected chi connectivity index (χ1v) is 16.0. The van der Waals surface area contributed by atoms with Gasteiger partial charge in [0.2, 0.25) is 0 Å². The highest BCUT2D eigenvalue weighted by Gasteiger charge is 2.63. The number of fused-ring (bicyclic) bond motifs is 3. The monoisotopic (exact) mass is 650 g/mol. The lowest BCUT2D eigenvalue weighted by Crippen LogP contribution is -2.63. The summed E-state index contributed by atoms with van der Waals surface area (Å²) in [5.74, 6) is -3.78. The molecule has 0 saturated heterocycles. The van der Waals surface area contributed by atoms with Crippen molar-refractivity contribution in [2.75, 3.05) is 6.61 Å². The number of allylic oxidation sites excluding steroid dienone is 1. The van der Waals surface area contributed by atoms with E-state index in [-0.39, 0.29) is 6.61 Å². The molecule has 4 rings (SSSR count). The molecule has 7 atom stereocenters. The van der Waals surface area contributed by atoms with E-state index in [1.54, 1.807) is 6.08 Å². The molecule has 0 aromatic heterocycles. The number of esters is 5. The summed E-state index contributed by atoms with van der Waals surface area (Å²) in [6.07, 6.45) is 2.77. The second-order valence-electron chi connectivity index (χ2n) is 13.5. The molecule has 254 valence electrons. The van der Waals surface area contributed by atoms with E-state index in [1.165, 1.54) is 33.8 Å². The first kappa shape index (κ1) is 35.6. The molecule has 10 heteroatoms. The molecule has 0 spiro atoms. The van der Waals surface area contributed by atoms with Gasteiger partial charge in [0.25, 0.3) is 0 Å². The number of ether oxygens (including phenoxy) is 5. The van der Waals surface area contributed by atoms with E-state index in [0.29, 0.717) is 36.0 Å². The van der Waals surface area contributed by atoms with E-state index in [0.717, 1.165) is 5.56 Å². The third-order valence-corrected chi connectivity index (χ3v) is 9.92. The van der Waals surface area contributed by atoms with Crippen LogP contribution >= 0.6 is 0 Å². The van der Waals surface area contributed by atoms with E-state index >= 15 is 0 Å². The maximum Gasteiger partial charge on any atom is 0.331 e. The van der Waals surface area contributed by atoms with Gasteiger partial charge in [-0.25, -0.2) is 4.79 Å². The fourth-order valence-electron chi connectivity index (χ4n) is 8.06. The number of carbonyl (C=O) groups is 5. The lowest BCUT2D eigenvalue weighted by Gasteiger charge is -2.59. The SMILES string of the molecule is CC(=O)O[C@@H]1[C@@H]2C[C@H](OC(C)=O)C(C)=C([C@@H](OC(C)=O)[C@H](OC(C)=O)[C@]3(C)CCC=C(COC(=O)/C=C/c4ccccc4)[C@@H]13)C2(C)C. The third kappa shape index (κ3) is 7.68. The summed E-state index contributed by atoms with van der Waals surface area (Å²) in [5.41, 5.74) is 1.14. The van der Waals surface area contributed by atoms with E-state index in [1.807, 2.05) is 64.1 Å². The van der Waals surface area contributed by atoms with Crippen molar-refractivity contribution in [1.82, 2.24) is 0 Å². The van der Waals surface area contributed by atoms with Crippen LogP contribution in [-0.4, -0.2) is 60.9 Å². The zero-order valence-corrected chi connectivity index (χ0v) is 28.5. The van der Waals surface area contributed by atoms with E-state index in [4.69, 9.17) is 23.7 Å². The fraction of sp³-hybridized carbons (Fsp3) is 0.541. The zero-order valence-electron chi connectivity index (χ0n) is 28.5. The van der Waals surface area contributed by atoms with Gasteiger partial charge >= 0.3 is 29.8 Å². The van der Waals surface area contributed by atoms with Gasteiger partial charge in [-0.15, -0.1) is 0 Å². The van der Waals surface area contributed by atoms with Crippen molar-refractivity contribution < 1.29 is 47.7 Å². The summed E-state index contributed by atoms with van der Waals surface area (Å²) in [5, 5.41) is 0. The van der Waals surface area contributed by atoms with Gasteiger partial charge < -0.3 is 23.7 Å². The van der Waals surface area contributed by atoms with Crippen molar-refractivity contribution in [3.63, 3.8) is 0 Å². The van der Waals surface area contributed by atoms with Crippen molar-refractivity contribution in [1.29, 1.82) is 0 Å². The molecule has 2 bridgehead atoms. The maximum absolute atomic E-state index is 12.9. The van der Waals surface area contributed by atoms with Gasteiger partial charge in [-0.05, 0) is 60.0 Å². The molecule has 1 saturated carbocycles. The zero-order chi connectivity index (χ0) is 34.7. The van der Waals surface area contributed by atoms with Crippen molar-refractivity contribution in [3.8, 4) is 0 Å². The minimum Gasteiger partial charge on any atom is -0.462 e. The second kappa shape index (κ2) is 14.3. The van der Waals surface area contributed by atoms with Gasteiger partial charge in [-0.3, -0.25) is 19.2 Å². The maximum atomic E-state index is 12.9. The Bertz CT molecular complexity index is 1490. The minimum atomic E-state index is -1.03. The van der Waals surface area contributed by atoms with Gasteiger partial charge in [-0.2, -0.15) is 0 Å². The van der Waals surface area contributed by atoms with Gasteiger partial charge in [0, 0.05) is 51.0 Å². The largest absolute Gasteiger partial charge is 0.462 e. The molecule has 1 aromatic rings. The van der Waals surface area contributed by atoms with Crippen LogP contribution in [0.15, 0.2) is 59.2 Å². The molecule has 1 fully saturated rings. The summed E-state index contributed by atoms with van der Waals surface area (Å²) in [6, 6.07) is 9.35. The van der Waals surface area contributed by atoms with Crippen molar-refractivity contribution in [3.05, 3.63) is 64.8 Å². The van der Waals surface area contributed by atoms with E-state index in [9.17, 15) is 24.0 Å². The van der Waals surface area contributed by atoms with Gasteiger partial charge in [-0.1, -0.05) is 57.2 Å². The highest BCUT2D eigenvalue weighted by atomic mass is 16.6. The predicted octanol–water partition coefficient (Wildman–Crippen LogP) is 5.69. The van der Waals surface area contributed by atoms with Crippen molar-refractivity contribution in [2.24, 2.45) is 22.7 Å². The van der Waals surface area contributed by atoms with Gasteiger partial charge in [0.15, 0.2) is 6.10 Å². The van der Waals surface area contributed by atoms with Crippen LogP contribution in [0.3, 0.4) is 0 Å². The first-order chi connectivity index (χ1) is 22.1. The van der Waals surface area contributed by atoms with Crippen LogP contribution in [0.4, 0.5) is 0 Å². The molecule has 3 aliphatic carbocycles. The molecule has 10 nitrogen and oxygen atoms in total. The highest BCUT2D eigenvalue weighted by Crippen LogP contribution is 2.60. The van der Waals surface area contributed by atoms with Crippen LogP contribution in [0, 0.1) is 22.7 Å². The predicted molar refractivity (Wildman–Crippen MR) is 172 cm³/mol. The second-order valence-corrected chi connectivity index (χ2v) is 13.5. The Labute approximate surface area is 276 Å². The number of benzene rings is 1. The first-order valence-electron chi connectivity index (χ1n) is 16.0. The smallest absolute Gasteiger partial charge is 0.331 e. The van der Waals surface area contributed by atoms with Crippen molar-refractivity contribution >= 4 is 35.9 Å². The molecular formula is C37H46O10. The standard InChI is InChI=1S/C37H46O10/c1-21-29(44-22(2)38)19-28-33(45-23(3)39)32-27(20-43-30(42)17-16-26-13-10-9-11-14-26)15-12-18-37(32,8)35(47-25(5)41)34(46-24(4)40)31(21)36(28,6)7/h9-11,13-17,28-29,32-35H,12,18-20H2,1-8H3/b17-16+/t28-,29-,32-,33+,34+,35-,37+/m0/s1. The third-order valence-electron chi connectivity index (χ3n) is 9.92. The Morgan fingerprint density at radius 2 is 1.47 bits per heavy atom. The van der Waals surface area contributed by atoms with Crippen molar-refractivity contribution in [2.45, 2.75) is 99.1 Å². The average molecular weight is 651 g/mol. The Hall–Kier alpha value is -4.21. The summed E-state index contributed by atoms with van der Waals surface area (Å²) in [4.78, 5) is 63.6. The average Bonchev–Trinajstić information content (AvgIpc) is 2.97. The Morgan fingerprint density at radius 3 is 2.06 bits per heavy atom. The number of rotatable bonds is 8. The molecule has 0 N–H and O–H groups in total. The molecule has 0 amide bonds. The molecule has 47 heavy (non-hydrogen) atoms. The lowest BCUT2D eigenvalue weighted by atomic mass is 9.50. The molecule has 0 heterocycles. The molecule has 0 unspecified atom stereocenters. The minimum absolute atomic E-state index is 0.108. The summed E-state index contributed by atoms with van der Waals surface area (Å²) in [7, 11) is 0. The summed E-state index contributed by atoms with van der Waals surface area (Å²) < 4.78 is 30.0. The van der Waals surface area contributed by atoms with Crippen LogP contribution in [0.25, 0.3) is 6.08 Å². The number of hydrogen-bond donors (Lipinski definition) is 0. The Balaban J connectivity index is 1.89. The quantitative estimate of drug-likeness (QED) is 0.150. The Morgan fingerprint density at radius 1 is 0.851 bits per heavy atom.